The summed E-state index contributed by atoms with van der Waals surface area (Å²) in [5.41, 5.74) is 0. The summed E-state index contributed by atoms with van der Waals surface area (Å²) in [4.78, 5) is 14.4. The fraction of sp³-hybridized carbons (Fsp3) is 0.923. The number of carbonyl (C=O) groups is 1. The highest BCUT2D eigenvalue weighted by molar-refractivity contribution is 5.82. The van der Waals surface area contributed by atoms with E-state index in [1.54, 1.807) is 0 Å². The van der Waals surface area contributed by atoms with E-state index in [0.717, 1.165) is 38.6 Å². The largest absolute Gasteiger partial charge is 0.353 e. The fourth-order valence-electron chi connectivity index (χ4n) is 2.66. The Kier molecular flexibility index (Phi) is 4.40. The van der Waals surface area contributed by atoms with Gasteiger partial charge in [-0.05, 0) is 38.3 Å². The van der Waals surface area contributed by atoms with Gasteiger partial charge in [0, 0.05) is 19.1 Å². The molecule has 1 aliphatic carbocycles. The van der Waals surface area contributed by atoms with Crippen molar-refractivity contribution in [2.24, 2.45) is 5.92 Å². The van der Waals surface area contributed by atoms with Gasteiger partial charge in [-0.2, -0.15) is 0 Å². The summed E-state index contributed by atoms with van der Waals surface area (Å²) in [5, 5.41) is 6.33. The average molecular weight is 239 g/mol. The van der Waals surface area contributed by atoms with Crippen LogP contribution in [0.1, 0.15) is 33.1 Å². The summed E-state index contributed by atoms with van der Waals surface area (Å²) in [5.74, 6) is 0.655. The van der Waals surface area contributed by atoms with Crippen molar-refractivity contribution in [1.29, 1.82) is 0 Å². The second kappa shape index (κ2) is 5.83. The Labute approximate surface area is 104 Å². The number of likely N-dealkylation sites (N-methyl/N-ethyl adjacent to an activating group) is 1. The van der Waals surface area contributed by atoms with E-state index in [1.807, 2.05) is 0 Å². The zero-order chi connectivity index (χ0) is 12.3. The Morgan fingerprint density at radius 2 is 2.18 bits per heavy atom. The van der Waals surface area contributed by atoms with E-state index in [9.17, 15) is 4.79 Å². The Balaban J connectivity index is 1.65. The highest BCUT2D eigenvalue weighted by Gasteiger charge is 2.30. The molecule has 2 atom stereocenters. The van der Waals surface area contributed by atoms with Gasteiger partial charge in [0.2, 0.25) is 5.91 Å². The number of hydrogen-bond acceptors (Lipinski definition) is 3. The van der Waals surface area contributed by atoms with E-state index in [4.69, 9.17) is 0 Å². The van der Waals surface area contributed by atoms with Crippen molar-refractivity contribution in [3.63, 3.8) is 0 Å². The van der Waals surface area contributed by atoms with Crippen LogP contribution in [-0.4, -0.2) is 49.1 Å². The molecule has 1 heterocycles. The van der Waals surface area contributed by atoms with Gasteiger partial charge < -0.3 is 10.6 Å². The molecule has 0 aromatic heterocycles. The molecule has 1 saturated carbocycles. The van der Waals surface area contributed by atoms with Gasteiger partial charge in [0.1, 0.15) is 0 Å². The van der Waals surface area contributed by atoms with Crippen LogP contribution in [0.15, 0.2) is 0 Å². The van der Waals surface area contributed by atoms with E-state index in [-0.39, 0.29) is 11.9 Å². The van der Waals surface area contributed by atoms with Crippen molar-refractivity contribution < 1.29 is 4.79 Å². The summed E-state index contributed by atoms with van der Waals surface area (Å²) in [6.45, 7) is 8.19. The highest BCUT2D eigenvalue weighted by atomic mass is 16.2. The number of hydrogen-bond donors (Lipinski definition) is 2. The molecule has 1 amide bonds. The van der Waals surface area contributed by atoms with Crippen molar-refractivity contribution in [2.75, 3.05) is 26.2 Å². The number of rotatable bonds is 6. The van der Waals surface area contributed by atoms with Crippen LogP contribution in [-0.2, 0) is 4.79 Å². The monoisotopic (exact) mass is 239 g/mol. The molecular weight excluding hydrogens is 214 g/mol. The predicted octanol–water partition coefficient (Wildman–Crippen LogP) is 0.585. The summed E-state index contributed by atoms with van der Waals surface area (Å²) < 4.78 is 0. The number of nitrogens with zero attached hydrogens (tertiary/aromatic N) is 1. The molecule has 4 heteroatoms. The average Bonchev–Trinajstić information content (AvgIpc) is 3.06. The maximum absolute atomic E-state index is 11.9. The van der Waals surface area contributed by atoms with Crippen LogP contribution < -0.4 is 10.6 Å². The lowest BCUT2D eigenvalue weighted by atomic mass is 10.0. The van der Waals surface area contributed by atoms with Crippen LogP contribution in [0.3, 0.4) is 0 Å². The van der Waals surface area contributed by atoms with Crippen LogP contribution in [0.4, 0.5) is 0 Å². The van der Waals surface area contributed by atoms with Crippen LogP contribution in [0, 0.1) is 5.92 Å². The minimum atomic E-state index is 0.0333. The third-order valence-corrected chi connectivity index (χ3v) is 3.98. The normalized spacial score (nSPS) is 28.6. The summed E-state index contributed by atoms with van der Waals surface area (Å²) in [6, 6.07) is 0.825. The zero-order valence-electron chi connectivity index (χ0n) is 11.0. The lowest BCUT2D eigenvalue weighted by Crippen LogP contribution is -2.45. The summed E-state index contributed by atoms with van der Waals surface area (Å²) >= 11 is 0. The Bertz CT molecular complexity index is 265. The first-order chi connectivity index (χ1) is 8.22. The second-order valence-electron chi connectivity index (χ2n) is 5.35. The molecule has 0 radical (unpaired) electrons. The van der Waals surface area contributed by atoms with Crippen LogP contribution >= 0.6 is 0 Å². The first kappa shape index (κ1) is 12.8. The van der Waals surface area contributed by atoms with Gasteiger partial charge in [-0.1, -0.05) is 13.8 Å². The lowest BCUT2D eigenvalue weighted by molar-refractivity contribution is -0.123. The molecule has 2 rings (SSSR count). The minimum absolute atomic E-state index is 0.0333. The molecule has 2 aliphatic rings. The first-order valence-electron chi connectivity index (χ1n) is 6.97. The summed E-state index contributed by atoms with van der Waals surface area (Å²) in [7, 11) is 0. The van der Waals surface area contributed by atoms with Crippen LogP contribution in [0.2, 0.25) is 0 Å². The molecule has 2 unspecified atom stereocenters. The van der Waals surface area contributed by atoms with Crippen molar-refractivity contribution in [2.45, 2.75) is 45.2 Å². The van der Waals surface area contributed by atoms with Gasteiger partial charge in [-0.25, -0.2) is 0 Å². The van der Waals surface area contributed by atoms with Crippen molar-refractivity contribution in [1.82, 2.24) is 15.5 Å². The molecule has 0 spiro atoms. The van der Waals surface area contributed by atoms with Gasteiger partial charge in [-0.3, -0.25) is 9.69 Å². The Morgan fingerprint density at radius 1 is 1.41 bits per heavy atom. The van der Waals surface area contributed by atoms with Gasteiger partial charge in [0.25, 0.3) is 0 Å². The molecule has 4 nitrogen and oxygen atoms in total. The molecule has 98 valence electrons. The second-order valence-corrected chi connectivity index (χ2v) is 5.35. The summed E-state index contributed by atoms with van der Waals surface area (Å²) in [6.07, 6.45) is 3.78. The molecule has 1 aliphatic heterocycles. The topological polar surface area (TPSA) is 44.4 Å². The van der Waals surface area contributed by atoms with E-state index in [1.165, 1.54) is 12.8 Å². The van der Waals surface area contributed by atoms with Gasteiger partial charge in [-0.15, -0.1) is 0 Å². The highest BCUT2D eigenvalue weighted by Crippen LogP contribution is 2.25. The predicted molar refractivity (Wildman–Crippen MR) is 68.9 cm³/mol. The van der Waals surface area contributed by atoms with Crippen molar-refractivity contribution in [3.8, 4) is 0 Å². The third-order valence-electron chi connectivity index (χ3n) is 3.98. The molecule has 2 fully saturated rings. The molecular formula is C13H25N3O. The minimum Gasteiger partial charge on any atom is -0.353 e. The molecule has 0 aromatic rings. The number of amides is 1. The van der Waals surface area contributed by atoms with Crippen LogP contribution in [0.5, 0.6) is 0 Å². The quantitative estimate of drug-likeness (QED) is 0.713. The van der Waals surface area contributed by atoms with Crippen molar-refractivity contribution >= 4 is 5.91 Å². The van der Waals surface area contributed by atoms with E-state index >= 15 is 0 Å². The Morgan fingerprint density at radius 3 is 2.71 bits per heavy atom. The maximum atomic E-state index is 11.9. The fourth-order valence-corrected chi connectivity index (χ4v) is 2.66. The molecule has 17 heavy (non-hydrogen) atoms. The lowest BCUT2D eigenvalue weighted by Gasteiger charge is -2.21. The maximum Gasteiger partial charge on any atom is 0.237 e. The molecule has 2 N–H and O–H groups in total. The Hall–Kier alpha value is -0.610. The smallest absolute Gasteiger partial charge is 0.237 e. The van der Waals surface area contributed by atoms with E-state index in [0.29, 0.717) is 5.92 Å². The first-order valence-corrected chi connectivity index (χ1v) is 6.97. The van der Waals surface area contributed by atoms with Gasteiger partial charge >= 0.3 is 0 Å². The molecule has 1 saturated heterocycles. The van der Waals surface area contributed by atoms with E-state index in [2.05, 4.69) is 29.4 Å². The number of nitrogens with one attached hydrogen (secondary N) is 2. The standard InChI is InChI=1S/C13H25N3O/c1-3-16(11-4-5-11)9-8-15-13(17)12-10(2)6-7-14-12/h10-12,14H,3-9H2,1-2H3,(H,15,17). The zero-order valence-corrected chi connectivity index (χ0v) is 11.0. The van der Waals surface area contributed by atoms with Gasteiger partial charge in [0.05, 0.1) is 6.04 Å². The van der Waals surface area contributed by atoms with Crippen LogP contribution in [0.25, 0.3) is 0 Å². The van der Waals surface area contributed by atoms with E-state index < -0.39 is 0 Å². The SMILES string of the molecule is CCN(CCNC(=O)C1NCCC1C)C1CC1. The van der Waals surface area contributed by atoms with Crippen molar-refractivity contribution in [3.05, 3.63) is 0 Å². The third kappa shape index (κ3) is 3.42. The molecule has 0 aromatic carbocycles. The van der Waals surface area contributed by atoms with Gasteiger partial charge in [0.15, 0.2) is 0 Å². The molecule has 0 bridgehead atoms. The number of carbonyl (C=O) groups excluding carboxylic acids is 1.